The predicted octanol–water partition coefficient (Wildman–Crippen LogP) is 4.13. The quantitative estimate of drug-likeness (QED) is 0.561. The molecule has 1 fully saturated rings. The highest BCUT2D eigenvalue weighted by Gasteiger charge is 2.49. The normalized spacial score (nSPS) is 38.6. The van der Waals surface area contributed by atoms with Crippen molar-refractivity contribution in [1.29, 1.82) is 0 Å². The van der Waals surface area contributed by atoms with E-state index in [9.17, 15) is 4.79 Å². The number of hydrogen-bond acceptors (Lipinski definition) is 1. The van der Waals surface area contributed by atoms with Gasteiger partial charge in [0.2, 0.25) is 0 Å². The van der Waals surface area contributed by atoms with Crippen LogP contribution in [0.25, 0.3) is 0 Å². The molecule has 0 aromatic carbocycles. The second-order valence-corrected chi connectivity index (χ2v) is 6.78. The Kier molecular flexibility index (Phi) is 2.76. The van der Waals surface area contributed by atoms with Crippen LogP contribution in [-0.2, 0) is 4.79 Å². The highest BCUT2D eigenvalue weighted by Crippen LogP contribution is 2.53. The number of allylic oxidation sites excluding steroid dienone is 2. The van der Waals surface area contributed by atoms with Crippen molar-refractivity contribution in [3.05, 3.63) is 11.6 Å². The molecule has 90 valence electrons. The van der Waals surface area contributed by atoms with E-state index in [4.69, 9.17) is 0 Å². The fourth-order valence-corrected chi connectivity index (χ4v) is 3.70. The van der Waals surface area contributed by atoms with Crippen LogP contribution in [0.1, 0.15) is 59.8 Å². The van der Waals surface area contributed by atoms with Gasteiger partial charge in [-0.1, -0.05) is 32.4 Å². The predicted molar refractivity (Wildman–Crippen MR) is 67.2 cm³/mol. The van der Waals surface area contributed by atoms with Gasteiger partial charge in [0, 0.05) is 11.8 Å². The molecular weight excluding hydrogens is 196 g/mol. The number of carbonyl (C=O) groups is 1. The van der Waals surface area contributed by atoms with Crippen molar-refractivity contribution in [1.82, 2.24) is 0 Å². The Labute approximate surface area is 99.3 Å². The van der Waals surface area contributed by atoms with E-state index in [0.29, 0.717) is 17.1 Å². The lowest BCUT2D eigenvalue weighted by molar-refractivity contribution is -0.139. The van der Waals surface area contributed by atoms with E-state index in [0.717, 1.165) is 32.1 Å². The lowest BCUT2D eigenvalue weighted by atomic mass is 9.54. The minimum Gasteiger partial charge on any atom is -0.299 e. The number of rotatable bonds is 0. The Balaban J connectivity index is 2.32. The highest BCUT2D eigenvalue weighted by atomic mass is 16.1. The zero-order valence-electron chi connectivity index (χ0n) is 11.1. The molecule has 2 unspecified atom stereocenters. The van der Waals surface area contributed by atoms with Crippen LogP contribution in [0.3, 0.4) is 0 Å². The summed E-state index contributed by atoms with van der Waals surface area (Å²) in [4.78, 5) is 12.3. The van der Waals surface area contributed by atoms with Crippen LogP contribution in [0.15, 0.2) is 11.6 Å². The van der Waals surface area contributed by atoms with Crippen LogP contribution in [0, 0.1) is 16.7 Å². The minimum atomic E-state index is -0.0265. The van der Waals surface area contributed by atoms with E-state index >= 15 is 0 Å². The Bertz CT molecular complexity index is 337. The summed E-state index contributed by atoms with van der Waals surface area (Å²) in [6, 6.07) is 0. The van der Waals surface area contributed by atoms with Gasteiger partial charge in [-0.3, -0.25) is 4.79 Å². The molecule has 2 rings (SSSR count). The van der Waals surface area contributed by atoms with E-state index in [1.165, 1.54) is 5.57 Å². The third-order valence-electron chi connectivity index (χ3n) is 4.76. The minimum absolute atomic E-state index is 0.0265. The van der Waals surface area contributed by atoms with E-state index in [1.54, 1.807) is 0 Å². The lowest BCUT2D eigenvalue weighted by Crippen LogP contribution is -2.46. The second-order valence-electron chi connectivity index (χ2n) is 6.78. The van der Waals surface area contributed by atoms with E-state index in [-0.39, 0.29) is 5.41 Å². The summed E-state index contributed by atoms with van der Waals surface area (Å²) < 4.78 is 0. The van der Waals surface area contributed by atoms with Crippen LogP contribution in [0.4, 0.5) is 0 Å². The topological polar surface area (TPSA) is 17.1 Å². The molecule has 1 heteroatoms. The summed E-state index contributed by atoms with van der Waals surface area (Å²) in [5.74, 6) is 1.06. The van der Waals surface area contributed by atoms with Crippen molar-refractivity contribution < 1.29 is 4.79 Å². The van der Waals surface area contributed by atoms with Gasteiger partial charge in [-0.25, -0.2) is 0 Å². The lowest BCUT2D eigenvalue weighted by Gasteiger charge is -2.48. The van der Waals surface area contributed by atoms with Gasteiger partial charge in [-0.05, 0) is 43.9 Å². The van der Waals surface area contributed by atoms with Crippen molar-refractivity contribution in [3.8, 4) is 0 Å². The fraction of sp³-hybridized carbons (Fsp3) is 0.800. The maximum atomic E-state index is 12.3. The maximum Gasteiger partial charge on any atom is 0.139 e. The average molecular weight is 220 g/mol. The van der Waals surface area contributed by atoms with Crippen molar-refractivity contribution in [2.45, 2.75) is 59.8 Å². The molecule has 0 aliphatic heterocycles. The third-order valence-corrected chi connectivity index (χ3v) is 4.76. The first-order chi connectivity index (χ1) is 7.36. The first-order valence-corrected chi connectivity index (χ1v) is 6.55. The number of carbonyl (C=O) groups excluding carboxylic acids is 1. The van der Waals surface area contributed by atoms with Gasteiger partial charge in [0.15, 0.2) is 0 Å². The first kappa shape index (κ1) is 11.9. The smallest absolute Gasteiger partial charge is 0.139 e. The largest absolute Gasteiger partial charge is 0.299 e. The molecule has 0 amide bonds. The summed E-state index contributed by atoms with van der Waals surface area (Å²) in [7, 11) is 0. The summed E-state index contributed by atoms with van der Waals surface area (Å²) in [6.07, 6.45) is 7.36. The van der Waals surface area contributed by atoms with Crippen LogP contribution in [0.2, 0.25) is 0 Å². The molecule has 0 aromatic heterocycles. The first-order valence-electron chi connectivity index (χ1n) is 6.55. The molecule has 0 aromatic rings. The van der Waals surface area contributed by atoms with Gasteiger partial charge in [0.05, 0.1) is 0 Å². The summed E-state index contributed by atoms with van der Waals surface area (Å²) in [6.45, 7) is 9.11. The molecule has 1 nitrogen and oxygen atoms in total. The molecule has 1 saturated carbocycles. The van der Waals surface area contributed by atoms with Crippen molar-refractivity contribution in [2.24, 2.45) is 16.7 Å². The second kappa shape index (κ2) is 3.72. The van der Waals surface area contributed by atoms with Gasteiger partial charge < -0.3 is 0 Å². The average Bonchev–Trinajstić information content (AvgIpc) is 2.18. The SMILES string of the molecule is CC1=CCC2(CC(C)(C)CCC2=O)C(C)C1. The maximum absolute atomic E-state index is 12.3. The number of Topliss-reactive ketones (excluding diaryl/α,β-unsaturated/α-hetero) is 1. The summed E-state index contributed by atoms with van der Waals surface area (Å²) in [5.41, 5.74) is 1.79. The van der Waals surface area contributed by atoms with Gasteiger partial charge in [-0.2, -0.15) is 0 Å². The zero-order chi connectivity index (χ0) is 12.0. The molecule has 2 aliphatic carbocycles. The van der Waals surface area contributed by atoms with Crippen molar-refractivity contribution in [3.63, 3.8) is 0 Å². The summed E-state index contributed by atoms with van der Waals surface area (Å²) >= 11 is 0. The fourth-order valence-electron chi connectivity index (χ4n) is 3.70. The van der Waals surface area contributed by atoms with E-state index in [2.05, 4.69) is 33.8 Å². The van der Waals surface area contributed by atoms with E-state index < -0.39 is 0 Å². The summed E-state index contributed by atoms with van der Waals surface area (Å²) in [5, 5.41) is 0. The molecule has 0 N–H and O–H groups in total. The van der Waals surface area contributed by atoms with E-state index in [1.807, 2.05) is 0 Å². The van der Waals surface area contributed by atoms with Gasteiger partial charge in [0.25, 0.3) is 0 Å². The Morgan fingerprint density at radius 2 is 2.06 bits per heavy atom. The van der Waals surface area contributed by atoms with Crippen LogP contribution >= 0.6 is 0 Å². The third kappa shape index (κ3) is 1.85. The molecule has 0 bridgehead atoms. The molecule has 0 heterocycles. The zero-order valence-corrected chi connectivity index (χ0v) is 11.1. The molecule has 1 spiro atoms. The standard InChI is InChI=1S/C15H24O/c1-11-5-8-15(12(2)9-11)10-14(3,4)7-6-13(15)16/h5,12H,6-10H2,1-4H3. The van der Waals surface area contributed by atoms with Crippen LogP contribution in [-0.4, -0.2) is 5.78 Å². The van der Waals surface area contributed by atoms with Gasteiger partial charge >= 0.3 is 0 Å². The van der Waals surface area contributed by atoms with Gasteiger partial charge in [-0.15, -0.1) is 0 Å². The van der Waals surface area contributed by atoms with Crippen LogP contribution < -0.4 is 0 Å². The molecule has 2 atom stereocenters. The number of hydrogen-bond donors (Lipinski definition) is 0. The molecule has 2 aliphatic rings. The monoisotopic (exact) mass is 220 g/mol. The molecule has 0 radical (unpaired) electrons. The van der Waals surface area contributed by atoms with Crippen LogP contribution in [0.5, 0.6) is 0 Å². The van der Waals surface area contributed by atoms with Crippen molar-refractivity contribution in [2.75, 3.05) is 0 Å². The Hall–Kier alpha value is -0.590. The Morgan fingerprint density at radius 1 is 1.38 bits per heavy atom. The highest BCUT2D eigenvalue weighted by molar-refractivity contribution is 5.86. The van der Waals surface area contributed by atoms with Crippen molar-refractivity contribution >= 4 is 5.78 Å². The Morgan fingerprint density at radius 3 is 2.69 bits per heavy atom. The molecule has 0 saturated heterocycles. The molecule has 16 heavy (non-hydrogen) atoms. The number of ketones is 1. The molecular formula is C15H24O. The van der Waals surface area contributed by atoms with Gasteiger partial charge in [0.1, 0.15) is 5.78 Å².